The Morgan fingerprint density at radius 2 is 2.25 bits per heavy atom. The first-order chi connectivity index (χ1) is 9.38. The molecule has 1 aromatic rings. The Morgan fingerprint density at radius 1 is 1.50 bits per heavy atom. The fourth-order valence-electron chi connectivity index (χ4n) is 2.88. The van der Waals surface area contributed by atoms with Crippen molar-refractivity contribution in [1.82, 2.24) is 15.1 Å². The standard InChI is InChI=1S/C15H25N3O2/c1-4-8-18-10-12(9-17-18)13(19)16-11-15(20)7-5-6-14(15,2)3/h9-10,20H,4-8,11H2,1-3H3,(H,16,19). The van der Waals surface area contributed by atoms with E-state index in [2.05, 4.69) is 31.2 Å². The van der Waals surface area contributed by atoms with Gasteiger partial charge in [0.05, 0.1) is 17.4 Å². The number of carbonyl (C=O) groups excluding carboxylic acids is 1. The molecule has 5 heteroatoms. The van der Waals surface area contributed by atoms with Gasteiger partial charge in [0, 0.05) is 19.3 Å². The van der Waals surface area contributed by atoms with E-state index >= 15 is 0 Å². The molecule has 0 saturated heterocycles. The van der Waals surface area contributed by atoms with Crippen molar-refractivity contribution < 1.29 is 9.90 Å². The molecule has 5 nitrogen and oxygen atoms in total. The lowest BCUT2D eigenvalue weighted by molar-refractivity contribution is -0.0394. The predicted molar refractivity (Wildman–Crippen MR) is 77.4 cm³/mol. The molecule has 2 N–H and O–H groups in total. The molecule has 1 fully saturated rings. The molecule has 0 radical (unpaired) electrons. The fraction of sp³-hybridized carbons (Fsp3) is 0.733. The molecular weight excluding hydrogens is 254 g/mol. The summed E-state index contributed by atoms with van der Waals surface area (Å²) in [6, 6.07) is 0. The van der Waals surface area contributed by atoms with E-state index < -0.39 is 5.60 Å². The van der Waals surface area contributed by atoms with Crippen molar-refractivity contribution >= 4 is 5.91 Å². The number of nitrogens with one attached hydrogen (secondary N) is 1. The minimum atomic E-state index is -0.803. The van der Waals surface area contributed by atoms with Crippen LogP contribution in [0.25, 0.3) is 0 Å². The monoisotopic (exact) mass is 279 g/mol. The molecule has 1 amide bonds. The van der Waals surface area contributed by atoms with Gasteiger partial charge in [0.25, 0.3) is 5.91 Å². The molecule has 1 unspecified atom stereocenters. The molecule has 0 aromatic carbocycles. The van der Waals surface area contributed by atoms with Crippen LogP contribution in [0.15, 0.2) is 12.4 Å². The van der Waals surface area contributed by atoms with Crippen LogP contribution in [0.5, 0.6) is 0 Å². The number of rotatable bonds is 5. The zero-order valence-electron chi connectivity index (χ0n) is 12.6. The fourth-order valence-corrected chi connectivity index (χ4v) is 2.88. The highest BCUT2D eigenvalue weighted by Crippen LogP contribution is 2.45. The Bertz CT molecular complexity index is 481. The van der Waals surface area contributed by atoms with Crippen molar-refractivity contribution in [2.75, 3.05) is 6.54 Å². The van der Waals surface area contributed by atoms with Crippen LogP contribution >= 0.6 is 0 Å². The van der Waals surface area contributed by atoms with Crippen LogP contribution in [0, 0.1) is 5.41 Å². The first-order valence-corrected chi connectivity index (χ1v) is 7.41. The first kappa shape index (κ1) is 15.0. The zero-order chi connectivity index (χ0) is 14.8. The molecule has 1 aliphatic rings. The third-order valence-corrected chi connectivity index (χ3v) is 4.54. The van der Waals surface area contributed by atoms with Crippen LogP contribution in [0.1, 0.15) is 56.8 Å². The molecule has 20 heavy (non-hydrogen) atoms. The molecule has 0 bridgehead atoms. The number of aryl methyl sites for hydroxylation is 1. The lowest BCUT2D eigenvalue weighted by Crippen LogP contribution is -2.49. The van der Waals surface area contributed by atoms with Gasteiger partial charge in [0.1, 0.15) is 0 Å². The summed E-state index contributed by atoms with van der Waals surface area (Å²) in [5.41, 5.74) is -0.396. The number of hydrogen-bond donors (Lipinski definition) is 2. The summed E-state index contributed by atoms with van der Waals surface area (Å²) >= 11 is 0. The van der Waals surface area contributed by atoms with E-state index in [0.717, 1.165) is 32.2 Å². The highest BCUT2D eigenvalue weighted by atomic mass is 16.3. The second-order valence-electron chi connectivity index (χ2n) is 6.44. The first-order valence-electron chi connectivity index (χ1n) is 7.41. The Balaban J connectivity index is 1.94. The van der Waals surface area contributed by atoms with Gasteiger partial charge in [0.2, 0.25) is 0 Å². The van der Waals surface area contributed by atoms with Gasteiger partial charge in [-0.05, 0) is 31.1 Å². The second kappa shape index (κ2) is 5.56. The second-order valence-corrected chi connectivity index (χ2v) is 6.44. The lowest BCUT2D eigenvalue weighted by Gasteiger charge is -2.36. The molecule has 112 valence electrons. The topological polar surface area (TPSA) is 67.2 Å². The SMILES string of the molecule is CCCn1cc(C(=O)NCC2(O)CCCC2(C)C)cn1. The molecule has 1 heterocycles. The molecular formula is C15H25N3O2. The van der Waals surface area contributed by atoms with Gasteiger partial charge >= 0.3 is 0 Å². The highest BCUT2D eigenvalue weighted by molar-refractivity contribution is 5.93. The molecule has 1 aromatic heterocycles. The number of aliphatic hydroxyl groups is 1. The highest BCUT2D eigenvalue weighted by Gasteiger charge is 2.47. The van der Waals surface area contributed by atoms with E-state index in [1.165, 1.54) is 0 Å². The maximum absolute atomic E-state index is 12.1. The molecule has 1 aliphatic carbocycles. The third-order valence-electron chi connectivity index (χ3n) is 4.54. The molecule has 1 saturated carbocycles. The number of nitrogens with zero attached hydrogens (tertiary/aromatic N) is 2. The van der Waals surface area contributed by atoms with Crippen LogP contribution in [-0.4, -0.2) is 32.9 Å². The van der Waals surface area contributed by atoms with Crippen LogP contribution < -0.4 is 5.32 Å². The summed E-state index contributed by atoms with van der Waals surface area (Å²) in [4.78, 5) is 12.1. The Hall–Kier alpha value is -1.36. The number of amides is 1. The Kier molecular flexibility index (Phi) is 4.18. The Labute approximate surface area is 120 Å². The van der Waals surface area contributed by atoms with Gasteiger partial charge in [-0.15, -0.1) is 0 Å². The number of hydrogen-bond acceptors (Lipinski definition) is 3. The van der Waals surface area contributed by atoms with E-state index in [1.807, 2.05) is 0 Å². The molecule has 0 aliphatic heterocycles. The summed E-state index contributed by atoms with van der Waals surface area (Å²) in [7, 11) is 0. The summed E-state index contributed by atoms with van der Waals surface area (Å²) in [5, 5.41) is 17.7. The minimum absolute atomic E-state index is 0.146. The predicted octanol–water partition coefficient (Wildman–Crippen LogP) is 1.96. The van der Waals surface area contributed by atoms with Crippen LogP contribution in [0.2, 0.25) is 0 Å². The van der Waals surface area contributed by atoms with Gasteiger partial charge in [0.15, 0.2) is 0 Å². The van der Waals surface area contributed by atoms with E-state index in [1.54, 1.807) is 17.1 Å². The van der Waals surface area contributed by atoms with Gasteiger partial charge in [-0.2, -0.15) is 5.10 Å². The number of aromatic nitrogens is 2. The van der Waals surface area contributed by atoms with E-state index in [4.69, 9.17) is 0 Å². The molecule has 0 spiro atoms. The van der Waals surface area contributed by atoms with Crippen LogP contribution in [-0.2, 0) is 6.54 Å². The van der Waals surface area contributed by atoms with E-state index in [-0.39, 0.29) is 11.3 Å². The average molecular weight is 279 g/mol. The summed E-state index contributed by atoms with van der Waals surface area (Å²) < 4.78 is 1.77. The minimum Gasteiger partial charge on any atom is -0.387 e. The normalized spacial score (nSPS) is 24.8. The van der Waals surface area contributed by atoms with E-state index in [9.17, 15) is 9.90 Å². The van der Waals surface area contributed by atoms with Crippen molar-refractivity contribution in [3.63, 3.8) is 0 Å². The third kappa shape index (κ3) is 2.87. The smallest absolute Gasteiger partial charge is 0.254 e. The maximum Gasteiger partial charge on any atom is 0.254 e. The van der Waals surface area contributed by atoms with E-state index in [0.29, 0.717) is 12.1 Å². The number of carbonyl (C=O) groups is 1. The van der Waals surface area contributed by atoms with Crippen molar-refractivity contribution in [1.29, 1.82) is 0 Å². The van der Waals surface area contributed by atoms with Gasteiger partial charge in [-0.1, -0.05) is 20.8 Å². The van der Waals surface area contributed by atoms with Gasteiger partial charge in [-0.3, -0.25) is 9.48 Å². The summed E-state index contributed by atoms with van der Waals surface area (Å²) in [5.74, 6) is -0.163. The summed E-state index contributed by atoms with van der Waals surface area (Å²) in [6.45, 7) is 7.30. The average Bonchev–Trinajstić information content (AvgIpc) is 2.94. The van der Waals surface area contributed by atoms with Crippen molar-refractivity contribution in [3.05, 3.63) is 18.0 Å². The maximum atomic E-state index is 12.1. The zero-order valence-corrected chi connectivity index (χ0v) is 12.6. The van der Waals surface area contributed by atoms with Crippen LogP contribution in [0.3, 0.4) is 0 Å². The summed E-state index contributed by atoms with van der Waals surface area (Å²) in [6.07, 6.45) is 7.06. The Morgan fingerprint density at radius 3 is 2.85 bits per heavy atom. The largest absolute Gasteiger partial charge is 0.387 e. The quantitative estimate of drug-likeness (QED) is 0.866. The van der Waals surface area contributed by atoms with Gasteiger partial charge < -0.3 is 10.4 Å². The molecule has 2 rings (SSSR count). The van der Waals surface area contributed by atoms with Crippen molar-refractivity contribution in [2.45, 2.75) is 58.6 Å². The molecule has 1 atom stereocenters. The van der Waals surface area contributed by atoms with Gasteiger partial charge in [-0.25, -0.2) is 0 Å². The van der Waals surface area contributed by atoms with Crippen molar-refractivity contribution in [2.24, 2.45) is 5.41 Å². The van der Waals surface area contributed by atoms with Crippen LogP contribution in [0.4, 0.5) is 0 Å². The lowest BCUT2D eigenvalue weighted by atomic mass is 9.78. The van der Waals surface area contributed by atoms with Crippen molar-refractivity contribution in [3.8, 4) is 0 Å².